The van der Waals surface area contributed by atoms with Crippen LogP contribution in [0.5, 0.6) is 0 Å². The maximum atomic E-state index is 12.1. The number of amides is 1. The Hall–Kier alpha value is -0.610. The lowest BCUT2D eigenvalue weighted by atomic mass is 9.66. The van der Waals surface area contributed by atoms with Crippen molar-refractivity contribution >= 4 is 5.91 Å². The van der Waals surface area contributed by atoms with Crippen LogP contribution >= 0.6 is 0 Å². The highest BCUT2D eigenvalue weighted by Crippen LogP contribution is 2.43. The molecule has 4 nitrogen and oxygen atoms in total. The van der Waals surface area contributed by atoms with Gasteiger partial charge in [0, 0.05) is 13.0 Å². The molecular weight excluding hydrogens is 204 g/mol. The van der Waals surface area contributed by atoms with E-state index in [1.807, 2.05) is 4.90 Å². The molecule has 0 aromatic carbocycles. The molecule has 1 atom stereocenters. The Morgan fingerprint density at radius 2 is 2.19 bits per heavy atom. The first-order valence-electron chi connectivity index (χ1n) is 6.31. The van der Waals surface area contributed by atoms with Gasteiger partial charge in [0.25, 0.3) is 0 Å². The van der Waals surface area contributed by atoms with Crippen LogP contribution in [0.1, 0.15) is 38.5 Å². The number of nitrogens with two attached hydrogens (primary N) is 1. The van der Waals surface area contributed by atoms with Gasteiger partial charge in [-0.3, -0.25) is 4.79 Å². The molecule has 4 heteroatoms. The predicted octanol–water partition coefficient (Wildman–Crippen LogP) is 0.489. The average Bonchev–Trinajstić information content (AvgIpc) is 2.71. The van der Waals surface area contributed by atoms with Crippen molar-refractivity contribution in [2.24, 2.45) is 11.1 Å². The number of nitrogens with zero attached hydrogens (tertiary/aromatic N) is 1. The Kier molecular flexibility index (Phi) is 3.50. The van der Waals surface area contributed by atoms with Crippen molar-refractivity contribution in [3.05, 3.63) is 0 Å². The van der Waals surface area contributed by atoms with Crippen molar-refractivity contribution < 1.29 is 9.90 Å². The van der Waals surface area contributed by atoms with Gasteiger partial charge in [0.05, 0.1) is 12.6 Å². The van der Waals surface area contributed by atoms with E-state index in [0.717, 1.165) is 32.2 Å². The van der Waals surface area contributed by atoms with E-state index in [0.29, 0.717) is 13.0 Å². The predicted molar refractivity (Wildman–Crippen MR) is 61.8 cm³/mol. The second-order valence-electron chi connectivity index (χ2n) is 5.30. The minimum atomic E-state index is 0.0578. The normalized spacial score (nSPS) is 27.9. The number of hydrogen-bond donors (Lipinski definition) is 2. The van der Waals surface area contributed by atoms with Crippen LogP contribution < -0.4 is 5.73 Å². The van der Waals surface area contributed by atoms with Gasteiger partial charge in [-0.15, -0.1) is 0 Å². The van der Waals surface area contributed by atoms with Gasteiger partial charge in [-0.05, 0) is 37.6 Å². The molecule has 1 amide bonds. The third-order valence-corrected chi connectivity index (χ3v) is 4.28. The summed E-state index contributed by atoms with van der Waals surface area (Å²) in [6.07, 6.45) is 5.93. The van der Waals surface area contributed by atoms with E-state index in [9.17, 15) is 9.90 Å². The van der Waals surface area contributed by atoms with Crippen molar-refractivity contribution in [2.45, 2.75) is 44.6 Å². The van der Waals surface area contributed by atoms with Crippen molar-refractivity contribution in [1.82, 2.24) is 4.90 Å². The molecule has 1 heterocycles. The summed E-state index contributed by atoms with van der Waals surface area (Å²) in [5.41, 5.74) is 5.85. The lowest BCUT2D eigenvalue weighted by Crippen LogP contribution is -2.45. The van der Waals surface area contributed by atoms with E-state index >= 15 is 0 Å². The molecule has 0 aromatic rings. The number of likely N-dealkylation sites (tertiary alicyclic amines) is 1. The molecule has 2 aliphatic rings. The summed E-state index contributed by atoms with van der Waals surface area (Å²) in [4.78, 5) is 14.0. The van der Waals surface area contributed by atoms with Gasteiger partial charge < -0.3 is 15.7 Å². The highest BCUT2D eigenvalue weighted by atomic mass is 16.3. The van der Waals surface area contributed by atoms with E-state index in [-0.39, 0.29) is 24.0 Å². The number of carbonyl (C=O) groups is 1. The molecule has 16 heavy (non-hydrogen) atoms. The van der Waals surface area contributed by atoms with Crippen LogP contribution in [0.25, 0.3) is 0 Å². The molecule has 0 spiro atoms. The van der Waals surface area contributed by atoms with Crippen LogP contribution in [0.15, 0.2) is 0 Å². The highest BCUT2D eigenvalue weighted by molar-refractivity contribution is 5.77. The monoisotopic (exact) mass is 226 g/mol. The fourth-order valence-corrected chi connectivity index (χ4v) is 2.91. The molecule has 0 radical (unpaired) electrons. The van der Waals surface area contributed by atoms with Crippen molar-refractivity contribution in [3.8, 4) is 0 Å². The van der Waals surface area contributed by atoms with Gasteiger partial charge in [0.2, 0.25) is 5.91 Å². The summed E-state index contributed by atoms with van der Waals surface area (Å²) in [6.45, 7) is 1.53. The summed E-state index contributed by atoms with van der Waals surface area (Å²) in [7, 11) is 0. The van der Waals surface area contributed by atoms with Crippen LogP contribution in [0.4, 0.5) is 0 Å². The van der Waals surface area contributed by atoms with Gasteiger partial charge in [-0.1, -0.05) is 6.42 Å². The first kappa shape index (κ1) is 11.9. The SMILES string of the molecule is NCC1(CC(=O)N2CCCC2CO)CCC1. The summed E-state index contributed by atoms with van der Waals surface area (Å²) >= 11 is 0. The zero-order chi connectivity index (χ0) is 11.6. The van der Waals surface area contributed by atoms with Crippen LogP contribution in [0.2, 0.25) is 0 Å². The van der Waals surface area contributed by atoms with Crippen molar-refractivity contribution in [1.29, 1.82) is 0 Å². The van der Waals surface area contributed by atoms with E-state index in [4.69, 9.17) is 5.73 Å². The van der Waals surface area contributed by atoms with Crippen LogP contribution in [-0.2, 0) is 4.79 Å². The Morgan fingerprint density at radius 3 is 2.69 bits per heavy atom. The molecule has 92 valence electrons. The van der Waals surface area contributed by atoms with E-state index in [1.54, 1.807) is 0 Å². The molecule has 1 aliphatic carbocycles. The molecule has 3 N–H and O–H groups in total. The van der Waals surface area contributed by atoms with E-state index in [2.05, 4.69) is 0 Å². The van der Waals surface area contributed by atoms with Crippen molar-refractivity contribution in [3.63, 3.8) is 0 Å². The molecular formula is C12H22N2O2. The third-order valence-electron chi connectivity index (χ3n) is 4.28. The van der Waals surface area contributed by atoms with E-state index in [1.165, 1.54) is 6.42 Å². The smallest absolute Gasteiger partial charge is 0.223 e. The number of carbonyl (C=O) groups excluding carboxylic acids is 1. The molecule has 2 fully saturated rings. The first-order chi connectivity index (χ1) is 7.71. The summed E-state index contributed by atoms with van der Waals surface area (Å²) in [5, 5.41) is 9.19. The van der Waals surface area contributed by atoms with Gasteiger partial charge in [-0.2, -0.15) is 0 Å². The second kappa shape index (κ2) is 4.72. The Balaban J connectivity index is 1.92. The zero-order valence-corrected chi connectivity index (χ0v) is 9.82. The van der Waals surface area contributed by atoms with Crippen molar-refractivity contribution in [2.75, 3.05) is 19.7 Å². The lowest BCUT2D eigenvalue weighted by molar-refractivity contribution is -0.136. The topological polar surface area (TPSA) is 66.6 Å². The highest BCUT2D eigenvalue weighted by Gasteiger charge is 2.40. The third kappa shape index (κ3) is 2.09. The maximum absolute atomic E-state index is 12.1. The fraction of sp³-hybridized carbons (Fsp3) is 0.917. The summed E-state index contributed by atoms with van der Waals surface area (Å²) in [5.74, 6) is 0.196. The molecule has 0 aromatic heterocycles. The van der Waals surface area contributed by atoms with Crippen LogP contribution in [0.3, 0.4) is 0 Å². The zero-order valence-electron chi connectivity index (χ0n) is 9.82. The van der Waals surface area contributed by atoms with Crippen LogP contribution in [-0.4, -0.2) is 41.7 Å². The maximum Gasteiger partial charge on any atom is 0.223 e. The lowest BCUT2D eigenvalue weighted by Gasteiger charge is -2.41. The quantitative estimate of drug-likeness (QED) is 0.733. The number of rotatable bonds is 4. The summed E-state index contributed by atoms with van der Waals surface area (Å²) < 4.78 is 0. The molecule has 1 saturated heterocycles. The largest absolute Gasteiger partial charge is 0.394 e. The second-order valence-corrected chi connectivity index (χ2v) is 5.30. The average molecular weight is 226 g/mol. The minimum Gasteiger partial charge on any atom is -0.394 e. The van der Waals surface area contributed by atoms with E-state index < -0.39 is 0 Å². The molecule has 1 aliphatic heterocycles. The Bertz CT molecular complexity index is 258. The first-order valence-corrected chi connectivity index (χ1v) is 6.31. The minimum absolute atomic E-state index is 0.0578. The van der Waals surface area contributed by atoms with Gasteiger partial charge in [-0.25, -0.2) is 0 Å². The molecule has 0 bridgehead atoms. The number of aliphatic hydroxyl groups excluding tert-OH is 1. The summed E-state index contributed by atoms with van der Waals surface area (Å²) in [6, 6.07) is 0.0578. The van der Waals surface area contributed by atoms with Gasteiger partial charge >= 0.3 is 0 Å². The fourth-order valence-electron chi connectivity index (χ4n) is 2.91. The Morgan fingerprint density at radius 1 is 1.44 bits per heavy atom. The Labute approximate surface area is 96.8 Å². The number of hydrogen-bond acceptors (Lipinski definition) is 3. The molecule has 2 rings (SSSR count). The number of aliphatic hydroxyl groups is 1. The van der Waals surface area contributed by atoms with Gasteiger partial charge in [0.15, 0.2) is 0 Å². The molecule has 1 unspecified atom stereocenters. The van der Waals surface area contributed by atoms with Crippen LogP contribution in [0, 0.1) is 5.41 Å². The standard InChI is InChI=1S/C12H22N2O2/c13-9-12(4-2-5-12)7-11(16)14-6-1-3-10(14)8-15/h10,15H,1-9,13H2. The van der Waals surface area contributed by atoms with Gasteiger partial charge in [0.1, 0.15) is 0 Å². The molecule has 1 saturated carbocycles.